The maximum absolute atomic E-state index is 5.24. The van der Waals surface area contributed by atoms with Gasteiger partial charge >= 0.3 is 0 Å². The Morgan fingerprint density at radius 3 is 1.85 bits per heavy atom. The summed E-state index contributed by atoms with van der Waals surface area (Å²) in [7, 11) is 0. The normalized spacial score (nSPS) is 10.5. The van der Waals surface area contributed by atoms with Crippen molar-refractivity contribution in [1.29, 1.82) is 0 Å². The highest BCUT2D eigenvalue weighted by atomic mass is 16.5. The van der Waals surface area contributed by atoms with Crippen LogP contribution in [0.1, 0.15) is 0 Å². The van der Waals surface area contributed by atoms with Crippen LogP contribution in [0.5, 0.6) is 0 Å². The lowest BCUT2D eigenvalue weighted by Gasteiger charge is -2.02. The van der Waals surface area contributed by atoms with Crippen LogP contribution in [0.2, 0.25) is 0 Å². The first kappa shape index (κ1) is 7.87. The van der Waals surface area contributed by atoms with Crippen LogP contribution in [-0.4, -0.2) is 29.5 Å². The molecule has 0 saturated carbocycles. The minimum atomic E-state index is 0.361. The molecule has 0 radical (unpaired) electrons. The van der Waals surface area contributed by atoms with Crippen LogP contribution in [0.4, 0.5) is 0 Å². The molecule has 0 aromatic carbocycles. The topological polar surface area (TPSA) is 70.7 Å². The van der Waals surface area contributed by atoms with Crippen molar-refractivity contribution in [3.8, 4) is 0 Å². The van der Waals surface area contributed by atoms with Crippen LogP contribution in [-0.2, 0) is 18.2 Å². The van der Waals surface area contributed by atoms with Crippen molar-refractivity contribution in [3.05, 3.63) is 25.3 Å². The lowest BCUT2D eigenvalue weighted by atomic mass is 11.1. The summed E-state index contributed by atoms with van der Waals surface area (Å²) in [6.07, 6.45) is 6.08. The van der Waals surface area contributed by atoms with Crippen LogP contribution in [0.25, 0.3) is 0 Å². The quantitative estimate of drug-likeness (QED) is 0.634. The van der Waals surface area contributed by atoms with E-state index in [1.54, 1.807) is 22.0 Å². The first-order valence-electron chi connectivity index (χ1n) is 3.68. The van der Waals surface area contributed by atoms with E-state index < -0.39 is 0 Å². The van der Waals surface area contributed by atoms with Gasteiger partial charge in [0.25, 0.3) is 0 Å². The van der Waals surface area contributed by atoms with Crippen molar-refractivity contribution in [2.45, 2.75) is 13.5 Å². The van der Waals surface area contributed by atoms with Crippen molar-refractivity contribution in [2.24, 2.45) is 0 Å². The second-order valence-electron chi connectivity index (χ2n) is 2.33. The van der Waals surface area contributed by atoms with E-state index in [0.29, 0.717) is 13.5 Å². The molecule has 0 fully saturated rings. The molecule has 7 heteroatoms. The molecule has 0 saturated heterocycles. The molecular weight excluding hydrogens is 172 g/mol. The van der Waals surface area contributed by atoms with Gasteiger partial charge < -0.3 is 4.74 Å². The highest BCUT2D eigenvalue weighted by Crippen LogP contribution is 1.86. The smallest absolute Gasteiger partial charge is 0.143 e. The SMILES string of the molecule is c1ncn(COCn2cncn2)n1. The third kappa shape index (κ3) is 2.09. The summed E-state index contributed by atoms with van der Waals surface area (Å²) in [5.41, 5.74) is 0. The molecule has 68 valence electrons. The van der Waals surface area contributed by atoms with Crippen LogP contribution >= 0.6 is 0 Å². The van der Waals surface area contributed by atoms with Crippen molar-refractivity contribution in [3.63, 3.8) is 0 Å². The van der Waals surface area contributed by atoms with Gasteiger partial charge in [0, 0.05) is 0 Å². The molecule has 2 rings (SSSR count). The largest absolute Gasteiger partial charge is 0.337 e. The van der Waals surface area contributed by atoms with Gasteiger partial charge in [-0.2, -0.15) is 10.2 Å². The average Bonchev–Trinajstić information content (AvgIpc) is 2.75. The molecule has 0 atom stereocenters. The Morgan fingerprint density at radius 2 is 1.46 bits per heavy atom. The first-order chi connectivity index (χ1) is 6.45. The summed E-state index contributed by atoms with van der Waals surface area (Å²) < 4.78 is 8.40. The lowest BCUT2D eigenvalue weighted by molar-refractivity contribution is 0.0143. The Morgan fingerprint density at radius 1 is 0.923 bits per heavy atom. The summed E-state index contributed by atoms with van der Waals surface area (Å²) in [5, 5.41) is 7.74. The summed E-state index contributed by atoms with van der Waals surface area (Å²) in [6, 6.07) is 0. The fourth-order valence-electron chi connectivity index (χ4n) is 0.827. The van der Waals surface area contributed by atoms with E-state index in [0.717, 1.165) is 0 Å². The fourth-order valence-corrected chi connectivity index (χ4v) is 0.827. The van der Waals surface area contributed by atoms with Gasteiger partial charge in [-0.3, -0.25) is 0 Å². The molecule has 2 heterocycles. The molecule has 0 spiro atoms. The Balaban J connectivity index is 1.76. The molecule has 0 aliphatic carbocycles. The van der Waals surface area contributed by atoms with E-state index in [1.807, 2.05) is 0 Å². The van der Waals surface area contributed by atoms with Gasteiger partial charge in [-0.05, 0) is 0 Å². The maximum Gasteiger partial charge on any atom is 0.143 e. The zero-order chi connectivity index (χ0) is 8.93. The predicted octanol–water partition coefficient (Wildman–Crippen LogP) is -0.499. The molecule has 0 N–H and O–H groups in total. The van der Waals surface area contributed by atoms with E-state index in [1.165, 1.54) is 12.7 Å². The Hall–Kier alpha value is -1.76. The number of aromatic nitrogens is 6. The lowest BCUT2D eigenvalue weighted by Crippen LogP contribution is -2.07. The molecule has 2 aromatic rings. The van der Waals surface area contributed by atoms with E-state index in [4.69, 9.17) is 4.74 Å². The second-order valence-corrected chi connectivity index (χ2v) is 2.33. The van der Waals surface area contributed by atoms with Gasteiger partial charge in [-0.15, -0.1) is 0 Å². The highest BCUT2D eigenvalue weighted by molar-refractivity contribution is 4.53. The van der Waals surface area contributed by atoms with E-state index in [9.17, 15) is 0 Å². The standard InChI is InChI=1S/C6H8N6O/c1-7-3-11(9-1)5-13-6-12-4-8-2-10-12/h1-4H,5-6H2. The number of rotatable bonds is 4. The molecule has 13 heavy (non-hydrogen) atoms. The zero-order valence-corrected chi connectivity index (χ0v) is 6.82. The molecule has 0 bridgehead atoms. The van der Waals surface area contributed by atoms with Crippen molar-refractivity contribution < 1.29 is 4.74 Å². The van der Waals surface area contributed by atoms with Crippen molar-refractivity contribution in [1.82, 2.24) is 29.5 Å². The third-order valence-corrected chi connectivity index (χ3v) is 1.38. The molecular formula is C6H8N6O. The number of nitrogens with zero attached hydrogens (tertiary/aromatic N) is 6. The van der Waals surface area contributed by atoms with Gasteiger partial charge in [0.05, 0.1) is 0 Å². The third-order valence-electron chi connectivity index (χ3n) is 1.38. The average molecular weight is 180 g/mol. The van der Waals surface area contributed by atoms with Gasteiger partial charge in [0.2, 0.25) is 0 Å². The fraction of sp³-hybridized carbons (Fsp3) is 0.333. The summed E-state index contributed by atoms with van der Waals surface area (Å²) in [4.78, 5) is 7.55. The summed E-state index contributed by atoms with van der Waals surface area (Å²) in [6.45, 7) is 0.722. The van der Waals surface area contributed by atoms with Gasteiger partial charge in [0.1, 0.15) is 38.8 Å². The molecule has 2 aromatic heterocycles. The minimum Gasteiger partial charge on any atom is -0.337 e. The van der Waals surface area contributed by atoms with E-state index >= 15 is 0 Å². The second kappa shape index (κ2) is 3.76. The molecule has 0 aliphatic rings. The van der Waals surface area contributed by atoms with E-state index in [2.05, 4.69) is 20.2 Å². The van der Waals surface area contributed by atoms with Crippen LogP contribution < -0.4 is 0 Å². The van der Waals surface area contributed by atoms with Crippen LogP contribution in [0, 0.1) is 0 Å². The number of ether oxygens (including phenoxy) is 1. The van der Waals surface area contributed by atoms with Gasteiger partial charge in [0.15, 0.2) is 0 Å². The van der Waals surface area contributed by atoms with Crippen molar-refractivity contribution >= 4 is 0 Å². The molecule has 7 nitrogen and oxygen atoms in total. The molecule has 0 aliphatic heterocycles. The van der Waals surface area contributed by atoms with Crippen LogP contribution in [0.15, 0.2) is 25.3 Å². The van der Waals surface area contributed by atoms with E-state index in [-0.39, 0.29) is 0 Å². The summed E-state index contributed by atoms with van der Waals surface area (Å²) >= 11 is 0. The van der Waals surface area contributed by atoms with Gasteiger partial charge in [-0.1, -0.05) is 0 Å². The van der Waals surface area contributed by atoms with Crippen LogP contribution in [0.3, 0.4) is 0 Å². The number of hydrogen-bond donors (Lipinski definition) is 0. The summed E-state index contributed by atoms with van der Waals surface area (Å²) in [5.74, 6) is 0. The first-order valence-corrected chi connectivity index (χ1v) is 3.68. The highest BCUT2D eigenvalue weighted by Gasteiger charge is 1.92. The minimum absolute atomic E-state index is 0.361. The molecule has 0 amide bonds. The zero-order valence-electron chi connectivity index (χ0n) is 6.82. The monoisotopic (exact) mass is 180 g/mol. The Bertz CT molecular complexity index is 294. The maximum atomic E-state index is 5.24. The number of hydrogen-bond acceptors (Lipinski definition) is 5. The Labute approximate surface area is 74.0 Å². The van der Waals surface area contributed by atoms with Gasteiger partial charge in [-0.25, -0.2) is 19.3 Å². The Kier molecular flexibility index (Phi) is 2.28. The predicted molar refractivity (Wildman–Crippen MR) is 41.1 cm³/mol. The molecule has 0 unspecified atom stereocenters. The van der Waals surface area contributed by atoms with Crippen molar-refractivity contribution in [2.75, 3.05) is 0 Å².